The van der Waals surface area contributed by atoms with Gasteiger partial charge in [-0.15, -0.1) is 0 Å². The van der Waals surface area contributed by atoms with Crippen molar-refractivity contribution in [2.45, 2.75) is 51.7 Å². The number of rotatable bonds is 5. The molecule has 0 aromatic heterocycles. The molecule has 0 bridgehead atoms. The van der Waals surface area contributed by atoms with Crippen molar-refractivity contribution in [3.05, 3.63) is 28.8 Å². The van der Waals surface area contributed by atoms with E-state index in [2.05, 4.69) is 19.1 Å². The van der Waals surface area contributed by atoms with E-state index in [1.54, 1.807) is 14.2 Å². The van der Waals surface area contributed by atoms with Crippen molar-refractivity contribution < 1.29 is 14.6 Å². The highest BCUT2D eigenvalue weighted by Gasteiger charge is 2.21. The van der Waals surface area contributed by atoms with Crippen LogP contribution in [-0.2, 0) is 22.7 Å². The topological polar surface area (TPSA) is 38.7 Å². The van der Waals surface area contributed by atoms with Crippen LogP contribution < -0.4 is 0 Å². The first-order valence-corrected chi connectivity index (χ1v) is 7.48. The molecular formula is C17H26O3. The standard InChI is InChI=1S/C17H26O3/c1-12-4-6-13(7-5-12)14-8-15(10-19-2)17(18)16(9-14)11-20-3/h8-9,12-13,18H,4-7,10-11H2,1-3H3. The van der Waals surface area contributed by atoms with Crippen LogP contribution in [0.1, 0.15) is 55.2 Å². The average molecular weight is 278 g/mol. The molecule has 2 rings (SSSR count). The molecule has 0 saturated heterocycles. The second-order valence-corrected chi connectivity index (χ2v) is 6.01. The second kappa shape index (κ2) is 7.09. The predicted octanol–water partition coefficient (Wildman–Crippen LogP) is 3.98. The maximum absolute atomic E-state index is 10.3. The predicted molar refractivity (Wildman–Crippen MR) is 79.9 cm³/mol. The first kappa shape index (κ1) is 15.3. The SMILES string of the molecule is COCc1cc(C2CCC(C)CC2)cc(COC)c1O. The molecule has 3 nitrogen and oxygen atoms in total. The largest absolute Gasteiger partial charge is 0.507 e. The molecule has 0 aliphatic heterocycles. The summed E-state index contributed by atoms with van der Waals surface area (Å²) in [6.07, 6.45) is 5.07. The Hall–Kier alpha value is -1.06. The second-order valence-electron chi connectivity index (χ2n) is 6.01. The van der Waals surface area contributed by atoms with Gasteiger partial charge in [0, 0.05) is 25.3 Å². The minimum absolute atomic E-state index is 0.321. The summed E-state index contributed by atoms with van der Waals surface area (Å²) in [4.78, 5) is 0. The molecule has 1 aromatic carbocycles. The van der Waals surface area contributed by atoms with Crippen LogP contribution in [0.3, 0.4) is 0 Å². The molecule has 1 N–H and O–H groups in total. The fraction of sp³-hybridized carbons (Fsp3) is 0.647. The Bertz CT molecular complexity index is 407. The molecule has 0 radical (unpaired) electrons. The van der Waals surface area contributed by atoms with Gasteiger partial charge in [-0.2, -0.15) is 0 Å². The number of hydrogen-bond donors (Lipinski definition) is 1. The van der Waals surface area contributed by atoms with E-state index in [4.69, 9.17) is 9.47 Å². The summed E-state index contributed by atoms with van der Waals surface area (Å²) in [5.74, 6) is 1.78. The van der Waals surface area contributed by atoms with Gasteiger partial charge in [-0.1, -0.05) is 19.8 Å². The molecule has 1 aliphatic carbocycles. The number of phenols is 1. The Kier molecular flexibility index (Phi) is 5.44. The van der Waals surface area contributed by atoms with Crippen LogP contribution in [0.5, 0.6) is 5.75 Å². The van der Waals surface area contributed by atoms with Crippen molar-refractivity contribution in [2.75, 3.05) is 14.2 Å². The first-order valence-electron chi connectivity index (χ1n) is 7.48. The molecule has 1 saturated carbocycles. The Morgan fingerprint density at radius 2 is 1.50 bits per heavy atom. The van der Waals surface area contributed by atoms with Crippen LogP contribution in [0, 0.1) is 5.92 Å². The molecule has 0 unspecified atom stereocenters. The summed E-state index contributed by atoms with van der Waals surface area (Å²) < 4.78 is 10.4. The molecule has 0 atom stereocenters. The van der Waals surface area contributed by atoms with E-state index < -0.39 is 0 Å². The van der Waals surface area contributed by atoms with Gasteiger partial charge in [-0.05, 0) is 42.4 Å². The van der Waals surface area contributed by atoms with Gasteiger partial charge in [0.05, 0.1) is 13.2 Å². The van der Waals surface area contributed by atoms with E-state index in [1.807, 2.05) is 0 Å². The zero-order valence-corrected chi connectivity index (χ0v) is 12.8. The first-order chi connectivity index (χ1) is 9.65. The van der Waals surface area contributed by atoms with E-state index in [9.17, 15) is 5.11 Å². The lowest BCUT2D eigenvalue weighted by molar-refractivity contribution is 0.174. The highest BCUT2D eigenvalue weighted by Crippen LogP contribution is 2.38. The fourth-order valence-corrected chi connectivity index (χ4v) is 3.15. The number of ether oxygens (including phenoxy) is 2. The summed E-state index contributed by atoms with van der Waals surface area (Å²) in [7, 11) is 3.31. The zero-order valence-electron chi connectivity index (χ0n) is 12.8. The molecule has 0 heterocycles. The van der Waals surface area contributed by atoms with Crippen molar-refractivity contribution in [2.24, 2.45) is 5.92 Å². The van der Waals surface area contributed by atoms with Crippen LogP contribution in [0.25, 0.3) is 0 Å². The summed E-state index contributed by atoms with van der Waals surface area (Å²) in [5.41, 5.74) is 3.07. The number of benzene rings is 1. The van der Waals surface area contributed by atoms with Crippen LogP contribution >= 0.6 is 0 Å². The molecular weight excluding hydrogens is 252 g/mol. The van der Waals surface area contributed by atoms with Crippen molar-refractivity contribution in [3.8, 4) is 5.75 Å². The van der Waals surface area contributed by atoms with E-state index in [-0.39, 0.29) is 0 Å². The summed E-state index contributed by atoms with van der Waals surface area (Å²) in [5, 5.41) is 10.3. The number of hydrogen-bond acceptors (Lipinski definition) is 3. The Morgan fingerprint density at radius 3 is 1.95 bits per heavy atom. The third kappa shape index (κ3) is 3.53. The third-order valence-corrected chi connectivity index (χ3v) is 4.38. The van der Waals surface area contributed by atoms with Crippen molar-refractivity contribution in [1.29, 1.82) is 0 Å². The van der Waals surface area contributed by atoms with E-state index >= 15 is 0 Å². The van der Waals surface area contributed by atoms with Gasteiger partial charge in [0.1, 0.15) is 5.75 Å². The van der Waals surface area contributed by atoms with Gasteiger partial charge < -0.3 is 14.6 Å². The summed E-state index contributed by atoms with van der Waals surface area (Å²) >= 11 is 0. The van der Waals surface area contributed by atoms with Crippen LogP contribution in [0.4, 0.5) is 0 Å². The van der Waals surface area contributed by atoms with Crippen LogP contribution in [0.2, 0.25) is 0 Å². The number of aromatic hydroxyl groups is 1. The lowest BCUT2D eigenvalue weighted by atomic mass is 9.79. The molecule has 112 valence electrons. The minimum atomic E-state index is 0.321. The smallest absolute Gasteiger partial charge is 0.126 e. The van der Waals surface area contributed by atoms with Crippen molar-refractivity contribution in [3.63, 3.8) is 0 Å². The monoisotopic (exact) mass is 278 g/mol. The normalized spacial score (nSPS) is 22.9. The van der Waals surface area contributed by atoms with E-state index in [0.29, 0.717) is 24.9 Å². The summed E-state index contributed by atoms with van der Waals surface area (Å²) in [6.45, 7) is 3.22. The molecule has 0 amide bonds. The van der Waals surface area contributed by atoms with Crippen molar-refractivity contribution >= 4 is 0 Å². The quantitative estimate of drug-likeness (QED) is 0.885. The van der Waals surface area contributed by atoms with Crippen molar-refractivity contribution in [1.82, 2.24) is 0 Å². The fourth-order valence-electron chi connectivity index (χ4n) is 3.15. The van der Waals surface area contributed by atoms with Gasteiger partial charge in [-0.3, -0.25) is 0 Å². The van der Waals surface area contributed by atoms with Gasteiger partial charge in [0.15, 0.2) is 0 Å². The lowest BCUT2D eigenvalue weighted by Gasteiger charge is -2.27. The summed E-state index contributed by atoms with van der Waals surface area (Å²) in [6, 6.07) is 4.22. The van der Waals surface area contributed by atoms with Crippen LogP contribution in [0.15, 0.2) is 12.1 Å². The van der Waals surface area contributed by atoms with Gasteiger partial charge in [0.25, 0.3) is 0 Å². The molecule has 1 fully saturated rings. The van der Waals surface area contributed by atoms with E-state index in [1.165, 1.54) is 31.2 Å². The van der Waals surface area contributed by atoms with Crippen LogP contribution in [-0.4, -0.2) is 19.3 Å². The molecule has 0 spiro atoms. The number of methoxy groups -OCH3 is 2. The minimum Gasteiger partial charge on any atom is -0.507 e. The number of phenolic OH excluding ortho intramolecular Hbond substituents is 1. The maximum atomic E-state index is 10.3. The molecule has 1 aromatic rings. The van der Waals surface area contributed by atoms with Gasteiger partial charge in [-0.25, -0.2) is 0 Å². The molecule has 20 heavy (non-hydrogen) atoms. The Balaban J connectivity index is 2.27. The molecule has 1 aliphatic rings. The van der Waals surface area contributed by atoms with E-state index in [0.717, 1.165) is 17.0 Å². The lowest BCUT2D eigenvalue weighted by Crippen LogP contribution is -2.11. The highest BCUT2D eigenvalue weighted by atomic mass is 16.5. The Labute approximate surface area is 121 Å². The zero-order chi connectivity index (χ0) is 14.5. The van der Waals surface area contributed by atoms with Gasteiger partial charge >= 0.3 is 0 Å². The average Bonchev–Trinajstić information content (AvgIpc) is 2.44. The third-order valence-electron chi connectivity index (χ3n) is 4.38. The Morgan fingerprint density at radius 1 is 1.00 bits per heavy atom. The highest BCUT2D eigenvalue weighted by molar-refractivity contribution is 5.44. The van der Waals surface area contributed by atoms with Gasteiger partial charge in [0.2, 0.25) is 0 Å². The molecule has 3 heteroatoms. The maximum Gasteiger partial charge on any atom is 0.126 e.